The normalized spacial score (nSPS) is 19.0. The quantitative estimate of drug-likeness (QED) is 0.422. The van der Waals surface area contributed by atoms with Crippen molar-refractivity contribution in [1.29, 1.82) is 0 Å². The summed E-state index contributed by atoms with van der Waals surface area (Å²) in [4.78, 5) is 28.4. The molecule has 2 heterocycles. The summed E-state index contributed by atoms with van der Waals surface area (Å²) in [5, 5.41) is 11.4. The minimum atomic E-state index is -0.749. The van der Waals surface area contributed by atoms with E-state index < -0.39 is 17.7 Å². The highest BCUT2D eigenvalue weighted by atomic mass is 35.5. The molecule has 0 spiro atoms. The third-order valence-corrected chi connectivity index (χ3v) is 5.43. The predicted molar refractivity (Wildman–Crippen MR) is 106 cm³/mol. The Morgan fingerprint density at radius 2 is 1.86 bits per heavy atom. The van der Waals surface area contributed by atoms with Crippen LogP contribution in [-0.4, -0.2) is 47.9 Å². The first-order chi connectivity index (χ1) is 13.5. The second kappa shape index (κ2) is 8.63. The van der Waals surface area contributed by atoms with Crippen LogP contribution in [0.5, 0.6) is 0 Å². The zero-order valence-corrected chi connectivity index (χ0v) is 16.7. The van der Waals surface area contributed by atoms with Crippen LogP contribution in [0.15, 0.2) is 52.7 Å². The van der Waals surface area contributed by atoms with Gasteiger partial charge in [0.05, 0.1) is 38.0 Å². The largest absolute Gasteiger partial charge is 0.507 e. The van der Waals surface area contributed by atoms with Crippen molar-refractivity contribution < 1.29 is 24.0 Å². The highest BCUT2D eigenvalue weighted by Gasteiger charge is 2.47. The van der Waals surface area contributed by atoms with Crippen LogP contribution < -0.4 is 4.90 Å². The highest BCUT2D eigenvalue weighted by molar-refractivity contribution is 6.46. The van der Waals surface area contributed by atoms with Crippen molar-refractivity contribution >= 4 is 29.1 Å². The van der Waals surface area contributed by atoms with E-state index in [4.69, 9.17) is 16.0 Å². The van der Waals surface area contributed by atoms with Crippen molar-refractivity contribution in [3.63, 3.8) is 0 Å². The number of benzene rings is 1. The number of ketones is 1. The van der Waals surface area contributed by atoms with Gasteiger partial charge in [0.2, 0.25) is 0 Å². The van der Waals surface area contributed by atoms with Gasteiger partial charge in [0.25, 0.3) is 11.7 Å². The number of nitrogens with zero attached hydrogens (tertiary/aromatic N) is 1. The number of halogens is 1. The Bertz CT molecular complexity index is 870. The van der Waals surface area contributed by atoms with Gasteiger partial charge in [-0.15, -0.1) is 0 Å². The SMILES string of the molecule is CC[NH+](CC)CCN1C(=O)C(=O)C(=C(O)c2ccc(Cl)cc2)[C@H]1c1ccco1. The molecule has 6 nitrogen and oxygen atoms in total. The number of hydrogen-bond donors (Lipinski definition) is 2. The molecule has 1 aliphatic heterocycles. The summed E-state index contributed by atoms with van der Waals surface area (Å²) in [6.45, 7) is 7.12. The van der Waals surface area contributed by atoms with Crippen LogP contribution in [0.1, 0.15) is 31.2 Å². The van der Waals surface area contributed by atoms with Gasteiger partial charge in [0.1, 0.15) is 17.6 Å². The van der Waals surface area contributed by atoms with Gasteiger partial charge in [0, 0.05) is 10.6 Å². The topological polar surface area (TPSA) is 75.2 Å². The molecule has 0 radical (unpaired) electrons. The number of Topliss-reactive ketones (excluding diaryl/α,β-unsaturated/α-hetero) is 1. The maximum atomic E-state index is 12.8. The van der Waals surface area contributed by atoms with E-state index in [2.05, 4.69) is 13.8 Å². The monoisotopic (exact) mass is 403 g/mol. The molecule has 0 aliphatic carbocycles. The molecule has 1 amide bonds. The number of carbonyl (C=O) groups excluding carboxylic acids is 2. The van der Waals surface area contributed by atoms with Crippen molar-refractivity contribution in [1.82, 2.24) is 4.90 Å². The number of carbonyl (C=O) groups is 2. The van der Waals surface area contributed by atoms with E-state index in [0.717, 1.165) is 13.1 Å². The number of aliphatic hydroxyl groups is 1. The fourth-order valence-corrected chi connectivity index (χ4v) is 3.62. The minimum Gasteiger partial charge on any atom is -0.507 e. The molecule has 0 unspecified atom stereocenters. The van der Waals surface area contributed by atoms with Gasteiger partial charge in [-0.2, -0.15) is 0 Å². The summed E-state index contributed by atoms with van der Waals surface area (Å²) in [6.07, 6.45) is 1.49. The fraction of sp³-hybridized carbons (Fsp3) is 0.333. The van der Waals surface area contributed by atoms with Crippen LogP contribution in [-0.2, 0) is 9.59 Å². The minimum absolute atomic E-state index is 0.0387. The first kappa shape index (κ1) is 20.2. The van der Waals surface area contributed by atoms with Crippen molar-refractivity contribution in [3.05, 3.63) is 64.6 Å². The molecule has 1 fully saturated rings. The molecule has 1 aromatic carbocycles. The maximum Gasteiger partial charge on any atom is 0.295 e. The highest BCUT2D eigenvalue weighted by Crippen LogP contribution is 2.39. The lowest BCUT2D eigenvalue weighted by molar-refractivity contribution is -0.895. The molecule has 2 N–H and O–H groups in total. The Morgan fingerprint density at radius 1 is 1.18 bits per heavy atom. The van der Waals surface area contributed by atoms with E-state index in [-0.39, 0.29) is 11.3 Å². The zero-order chi connectivity index (χ0) is 20.3. The number of furan rings is 1. The van der Waals surface area contributed by atoms with Crippen molar-refractivity contribution in [3.8, 4) is 0 Å². The molecule has 7 heteroatoms. The summed E-state index contributed by atoms with van der Waals surface area (Å²) in [5.74, 6) is -1.11. The number of likely N-dealkylation sites (N-methyl/N-ethyl adjacent to an activating group) is 1. The number of quaternary nitrogens is 1. The van der Waals surface area contributed by atoms with Gasteiger partial charge in [-0.3, -0.25) is 9.59 Å². The second-order valence-corrected chi connectivity index (χ2v) is 7.16. The molecule has 1 atom stereocenters. The van der Waals surface area contributed by atoms with E-state index in [1.165, 1.54) is 16.1 Å². The van der Waals surface area contributed by atoms with Crippen molar-refractivity contribution in [2.45, 2.75) is 19.9 Å². The van der Waals surface area contributed by atoms with Crippen LogP contribution in [0.25, 0.3) is 5.76 Å². The van der Waals surface area contributed by atoms with Crippen molar-refractivity contribution in [2.75, 3.05) is 26.2 Å². The Hall–Kier alpha value is -2.57. The molecule has 1 saturated heterocycles. The lowest BCUT2D eigenvalue weighted by Crippen LogP contribution is -3.12. The van der Waals surface area contributed by atoms with E-state index >= 15 is 0 Å². The molecule has 148 valence electrons. The molecular formula is C21H24ClN2O4+. The summed E-state index contributed by atoms with van der Waals surface area (Å²) >= 11 is 5.91. The standard InChI is InChI=1S/C21H23ClN2O4/c1-3-23(4-2)11-12-24-18(16-6-5-13-28-16)17(20(26)21(24)27)19(25)14-7-9-15(22)10-8-14/h5-10,13,18,25H,3-4,11-12H2,1-2H3/p+1/t18-/m1/s1. The van der Waals surface area contributed by atoms with Crippen LogP contribution >= 0.6 is 11.6 Å². The van der Waals surface area contributed by atoms with Crippen LogP contribution in [0.3, 0.4) is 0 Å². The molecule has 28 heavy (non-hydrogen) atoms. The first-order valence-corrected chi connectivity index (χ1v) is 9.77. The van der Waals surface area contributed by atoms with Gasteiger partial charge < -0.3 is 19.3 Å². The number of rotatable bonds is 7. The van der Waals surface area contributed by atoms with Crippen LogP contribution in [0.2, 0.25) is 5.02 Å². The fourth-order valence-electron chi connectivity index (χ4n) is 3.50. The van der Waals surface area contributed by atoms with E-state index in [1.54, 1.807) is 36.4 Å². The number of aliphatic hydroxyl groups excluding tert-OH is 1. The summed E-state index contributed by atoms with van der Waals surface area (Å²) in [6, 6.07) is 9.14. The predicted octanol–water partition coefficient (Wildman–Crippen LogP) is 2.28. The number of nitrogens with one attached hydrogen (secondary N) is 1. The van der Waals surface area contributed by atoms with Gasteiger partial charge in [-0.05, 0) is 50.2 Å². The molecule has 3 rings (SSSR count). The molecule has 0 saturated carbocycles. The van der Waals surface area contributed by atoms with Crippen LogP contribution in [0, 0.1) is 0 Å². The Balaban J connectivity index is 2.03. The van der Waals surface area contributed by atoms with Gasteiger partial charge in [-0.1, -0.05) is 11.6 Å². The summed E-state index contributed by atoms with van der Waals surface area (Å²) in [7, 11) is 0. The molecule has 1 aliphatic rings. The molecule has 0 bridgehead atoms. The lowest BCUT2D eigenvalue weighted by Gasteiger charge is -2.25. The average molecular weight is 404 g/mol. The molecule has 1 aromatic heterocycles. The summed E-state index contributed by atoms with van der Waals surface area (Å²) in [5.41, 5.74) is 0.463. The van der Waals surface area contributed by atoms with Crippen molar-refractivity contribution in [2.24, 2.45) is 0 Å². The number of likely N-dealkylation sites (tertiary alicyclic amines) is 1. The Kier molecular flexibility index (Phi) is 6.21. The number of amides is 1. The van der Waals surface area contributed by atoms with E-state index in [0.29, 0.717) is 29.4 Å². The lowest BCUT2D eigenvalue weighted by atomic mass is 9.99. The van der Waals surface area contributed by atoms with Gasteiger partial charge in [-0.25, -0.2) is 0 Å². The zero-order valence-electron chi connectivity index (χ0n) is 15.9. The second-order valence-electron chi connectivity index (χ2n) is 6.72. The maximum absolute atomic E-state index is 12.8. The third-order valence-electron chi connectivity index (χ3n) is 5.18. The Morgan fingerprint density at radius 3 is 2.43 bits per heavy atom. The van der Waals surface area contributed by atoms with Crippen LogP contribution in [0.4, 0.5) is 0 Å². The summed E-state index contributed by atoms with van der Waals surface area (Å²) < 4.78 is 5.52. The molecular weight excluding hydrogens is 380 g/mol. The van der Waals surface area contributed by atoms with Gasteiger partial charge >= 0.3 is 0 Å². The molecule has 2 aromatic rings. The first-order valence-electron chi connectivity index (χ1n) is 9.39. The smallest absolute Gasteiger partial charge is 0.295 e. The average Bonchev–Trinajstić information content (AvgIpc) is 3.31. The van der Waals surface area contributed by atoms with E-state index in [1.807, 2.05) is 0 Å². The van der Waals surface area contributed by atoms with Gasteiger partial charge in [0.15, 0.2) is 0 Å². The Labute approximate surface area is 169 Å². The third kappa shape index (κ3) is 3.84. The number of hydrogen-bond acceptors (Lipinski definition) is 4. The van der Waals surface area contributed by atoms with E-state index in [9.17, 15) is 14.7 Å².